The molecule has 0 atom stereocenters. The molecule has 0 aliphatic carbocycles. The molecular formula is C20H14BrCl2N3O3. The van der Waals surface area contributed by atoms with Crippen molar-refractivity contribution in [2.24, 2.45) is 5.10 Å². The first-order chi connectivity index (χ1) is 13.9. The van der Waals surface area contributed by atoms with Gasteiger partial charge in [-0.1, -0.05) is 45.2 Å². The van der Waals surface area contributed by atoms with Gasteiger partial charge in [-0.25, -0.2) is 0 Å². The number of ether oxygens (including phenoxy) is 1. The Kier molecular flexibility index (Phi) is 7.09. The first-order valence-electron chi connectivity index (χ1n) is 8.32. The zero-order valence-electron chi connectivity index (χ0n) is 14.8. The molecule has 3 aromatic carbocycles. The van der Waals surface area contributed by atoms with Gasteiger partial charge >= 0.3 is 0 Å². The van der Waals surface area contributed by atoms with Crippen molar-refractivity contribution in [1.82, 2.24) is 0 Å². The van der Waals surface area contributed by atoms with Crippen molar-refractivity contribution in [3.63, 3.8) is 0 Å². The van der Waals surface area contributed by atoms with Gasteiger partial charge in [-0.3, -0.25) is 15.5 Å². The largest absolute Gasteiger partial charge is 0.488 e. The van der Waals surface area contributed by atoms with Crippen LogP contribution in [-0.2, 0) is 6.61 Å². The van der Waals surface area contributed by atoms with E-state index in [1.54, 1.807) is 30.5 Å². The summed E-state index contributed by atoms with van der Waals surface area (Å²) in [6.45, 7) is 0.315. The first-order valence-corrected chi connectivity index (χ1v) is 9.87. The van der Waals surface area contributed by atoms with Crippen LogP contribution in [0, 0.1) is 10.1 Å². The summed E-state index contributed by atoms with van der Waals surface area (Å²) >= 11 is 15.4. The Labute approximate surface area is 185 Å². The van der Waals surface area contributed by atoms with E-state index >= 15 is 0 Å². The van der Waals surface area contributed by atoms with Gasteiger partial charge in [0.1, 0.15) is 12.4 Å². The summed E-state index contributed by atoms with van der Waals surface area (Å²) in [6, 6.07) is 16.9. The van der Waals surface area contributed by atoms with Gasteiger partial charge in [0, 0.05) is 22.2 Å². The lowest BCUT2D eigenvalue weighted by atomic mass is 10.2. The number of hydrogen-bond donors (Lipinski definition) is 1. The quantitative estimate of drug-likeness (QED) is 0.225. The summed E-state index contributed by atoms with van der Waals surface area (Å²) < 4.78 is 6.77. The second-order valence-corrected chi connectivity index (χ2v) is 7.62. The average Bonchev–Trinajstić information content (AvgIpc) is 2.70. The Balaban J connectivity index is 1.69. The number of hydrogen-bond acceptors (Lipinski definition) is 5. The van der Waals surface area contributed by atoms with Gasteiger partial charge in [-0.15, -0.1) is 0 Å². The fourth-order valence-corrected chi connectivity index (χ4v) is 3.08. The molecule has 0 spiro atoms. The Morgan fingerprint density at radius 1 is 1.07 bits per heavy atom. The van der Waals surface area contributed by atoms with E-state index in [0.29, 0.717) is 28.1 Å². The van der Waals surface area contributed by atoms with E-state index in [-0.39, 0.29) is 5.69 Å². The number of benzene rings is 3. The molecule has 0 fully saturated rings. The second kappa shape index (κ2) is 9.73. The molecule has 0 heterocycles. The average molecular weight is 495 g/mol. The summed E-state index contributed by atoms with van der Waals surface area (Å²) in [5, 5.41) is 15.8. The highest BCUT2D eigenvalue weighted by molar-refractivity contribution is 9.10. The SMILES string of the molecule is O=[N+]([O-])c1ccc(N/N=C/c2cc(Br)ccc2OCc2ccc(Cl)c(Cl)c2)cc1. The third-order valence-corrected chi connectivity index (χ3v) is 5.06. The molecule has 0 unspecified atom stereocenters. The van der Waals surface area contributed by atoms with Gasteiger partial charge in [0.05, 0.1) is 26.9 Å². The van der Waals surface area contributed by atoms with Crippen LogP contribution in [0.3, 0.4) is 0 Å². The van der Waals surface area contributed by atoms with Crippen LogP contribution in [0.15, 0.2) is 70.2 Å². The van der Waals surface area contributed by atoms with Crippen molar-refractivity contribution in [2.75, 3.05) is 5.43 Å². The Morgan fingerprint density at radius 2 is 1.83 bits per heavy atom. The predicted octanol–water partition coefficient (Wildman–Crippen LogP) is 6.69. The molecule has 1 N–H and O–H groups in total. The number of nitro groups is 1. The molecule has 0 aliphatic rings. The minimum Gasteiger partial charge on any atom is -0.488 e. The molecule has 0 aromatic heterocycles. The first kappa shape index (κ1) is 21.1. The summed E-state index contributed by atoms with van der Waals surface area (Å²) in [5.41, 5.74) is 5.11. The third kappa shape index (κ3) is 5.93. The number of nitrogens with zero attached hydrogens (tertiary/aromatic N) is 2. The topological polar surface area (TPSA) is 76.8 Å². The maximum Gasteiger partial charge on any atom is 0.269 e. The maximum atomic E-state index is 10.7. The van der Waals surface area contributed by atoms with E-state index < -0.39 is 4.92 Å². The molecule has 0 radical (unpaired) electrons. The van der Waals surface area contributed by atoms with Crippen LogP contribution in [-0.4, -0.2) is 11.1 Å². The van der Waals surface area contributed by atoms with Crippen molar-refractivity contribution in [2.45, 2.75) is 6.61 Å². The highest BCUT2D eigenvalue weighted by Gasteiger charge is 2.06. The molecule has 9 heteroatoms. The second-order valence-electron chi connectivity index (χ2n) is 5.89. The predicted molar refractivity (Wildman–Crippen MR) is 119 cm³/mol. The van der Waals surface area contributed by atoms with Crippen molar-refractivity contribution in [3.8, 4) is 5.75 Å². The van der Waals surface area contributed by atoms with Crippen molar-refractivity contribution in [3.05, 3.63) is 96.4 Å². The van der Waals surface area contributed by atoms with Crippen molar-refractivity contribution < 1.29 is 9.66 Å². The van der Waals surface area contributed by atoms with Crippen LogP contribution in [0.2, 0.25) is 10.0 Å². The summed E-state index contributed by atoms with van der Waals surface area (Å²) in [6.07, 6.45) is 1.61. The van der Waals surface area contributed by atoms with Crippen LogP contribution in [0.4, 0.5) is 11.4 Å². The zero-order valence-corrected chi connectivity index (χ0v) is 17.9. The van der Waals surface area contributed by atoms with Crippen LogP contribution >= 0.6 is 39.1 Å². The monoisotopic (exact) mass is 493 g/mol. The van der Waals surface area contributed by atoms with E-state index in [9.17, 15) is 10.1 Å². The Hall–Kier alpha value is -2.61. The third-order valence-electron chi connectivity index (χ3n) is 3.83. The van der Waals surface area contributed by atoms with Gasteiger partial charge in [-0.05, 0) is 48.0 Å². The highest BCUT2D eigenvalue weighted by atomic mass is 79.9. The Bertz CT molecular complexity index is 1060. The number of rotatable bonds is 7. The van der Waals surface area contributed by atoms with Crippen molar-refractivity contribution >= 4 is 56.7 Å². The van der Waals surface area contributed by atoms with Gasteiger partial charge in [0.15, 0.2) is 0 Å². The summed E-state index contributed by atoms with van der Waals surface area (Å²) in [5.74, 6) is 0.633. The fraction of sp³-hybridized carbons (Fsp3) is 0.0500. The number of hydrazone groups is 1. The van der Waals surface area contributed by atoms with Crippen molar-refractivity contribution in [1.29, 1.82) is 0 Å². The molecule has 3 aromatic rings. The lowest BCUT2D eigenvalue weighted by Crippen LogP contribution is -1.99. The van der Waals surface area contributed by atoms with Gasteiger partial charge in [0.2, 0.25) is 0 Å². The number of anilines is 1. The smallest absolute Gasteiger partial charge is 0.269 e. The van der Waals surface area contributed by atoms with Crippen LogP contribution in [0.1, 0.15) is 11.1 Å². The fourth-order valence-electron chi connectivity index (χ4n) is 2.38. The minimum absolute atomic E-state index is 0.0181. The van der Waals surface area contributed by atoms with Gasteiger partial charge < -0.3 is 4.74 Å². The molecule has 0 amide bonds. The molecule has 148 valence electrons. The maximum absolute atomic E-state index is 10.7. The van der Waals surface area contributed by atoms with E-state index in [1.807, 2.05) is 24.3 Å². The van der Waals surface area contributed by atoms with Crippen LogP contribution in [0.5, 0.6) is 5.75 Å². The summed E-state index contributed by atoms with van der Waals surface area (Å²) in [7, 11) is 0. The van der Waals surface area contributed by atoms with Gasteiger partial charge in [-0.2, -0.15) is 5.10 Å². The molecule has 29 heavy (non-hydrogen) atoms. The van der Waals surface area contributed by atoms with Crippen LogP contribution in [0.25, 0.3) is 0 Å². The van der Waals surface area contributed by atoms with E-state index in [0.717, 1.165) is 15.6 Å². The lowest BCUT2D eigenvalue weighted by molar-refractivity contribution is -0.384. The minimum atomic E-state index is -0.452. The molecule has 0 aliphatic heterocycles. The van der Waals surface area contributed by atoms with Gasteiger partial charge in [0.25, 0.3) is 5.69 Å². The molecule has 3 rings (SSSR count). The number of nitrogens with one attached hydrogen (secondary N) is 1. The van der Waals surface area contributed by atoms with Crippen LogP contribution < -0.4 is 10.2 Å². The molecule has 0 saturated carbocycles. The zero-order chi connectivity index (χ0) is 20.8. The Morgan fingerprint density at radius 3 is 2.52 bits per heavy atom. The molecule has 0 saturated heterocycles. The highest BCUT2D eigenvalue weighted by Crippen LogP contribution is 2.26. The lowest BCUT2D eigenvalue weighted by Gasteiger charge is -2.10. The molecule has 0 bridgehead atoms. The number of nitro benzene ring substituents is 1. The summed E-state index contributed by atoms with van der Waals surface area (Å²) in [4.78, 5) is 10.3. The standard InChI is InChI=1S/C20H14BrCl2N3O3/c21-15-2-8-20(29-12-13-1-7-18(22)19(23)9-13)14(10-15)11-24-25-16-3-5-17(6-4-16)26(27)28/h1-11,25H,12H2/b24-11+. The van der Waals surface area contributed by atoms with E-state index in [2.05, 4.69) is 26.5 Å². The molecule has 6 nitrogen and oxygen atoms in total. The van der Waals surface area contributed by atoms with E-state index in [4.69, 9.17) is 27.9 Å². The molecular weight excluding hydrogens is 481 g/mol. The number of halogens is 3. The number of non-ortho nitro benzene ring substituents is 1. The van der Waals surface area contributed by atoms with E-state index in [1.165, 1.54) is 12.1 Å². The normalized spacial score (nSPS) is 10.9.